The Balaban J connectivity index is 2.18. The van der Waals surface area contributed by atoms with Crippen molar-refractivity contribution in [1.29, 1.82) is 0 Å². The maximum atomic E-state index is 11.7. The van der Waals surface area contributed by atoms with Gasteiger partial charge in [0.1, 0.15) is 0 Å². The smallest absolute Gasteiger partial charge is 0.225 e. The highest BCUT2D eigenvalue weighted by atomic mass is 35.5. The van der Waals surface area contributed by atoms with E-state index in [-0.39, 0.29) is 5.91 Å². The number of benzene rings is 1. The molecule has 4 nitrogen and oxygen atoms in total. The molecule has 0 fully saturated rings. The molecule has 0 saturated carbocycles. The van der Waals surface area contributed by atoms with Crippen molar-refractivity contribution in [3.8, 4) is 0 Å². The maximum Gasteiger partial charge on any atom is 0.225 e. The SMILES string of the molecule is Cc1ccc(NC(=O)CCNCCCN(C)C)cc1Cl. The first-order valence-electron chi connectivity index (χ1n) is 6.90. The second-order valence-corrected chi connectivity index (χ2v) is 5.58. The third-order valence-electron chi connectivity index (χ3n) is 2.94. The van der Waals surface area contributed by atoms with Crippen LogP contribution in [0.3, 0.4) is 0 Å². The van der Waals surface area contributed by atoms with Crippen molar-refractivity contribution >= 4 is 23.2 Å². The summed E-state index contributed by atoms with van der Waals surface area (Å²) in [6.07, 6.45) is 1.55. The number of nitrogens with one attached hydrogen (secondary N) is 2. The minimum Gasteiger partial charge on any atom is -0.326 e. The fourth-order valence-corrected chi connectivity index (χ4v) is 1.92. The van der Waals surface area contributed by atoms with Gasteiger partial charge in [-0.15, -0.1) is 0 Å². The molecule has 0 spiro atoms. The molecule has 0 aliphatic heterocycles. The lowest BCUT2D eigenvalue weighted by Crippen LogP contribution is -2.25. The number of hydrogen-bond acceptors (Lipinski definition) is 3. The summed E-state index contributed by atoms with van der Waals surface area (Å²) < 4.78 is 0. The van der Waals surface area contributed by atoms with Gasteiger partial charge in [0.15, 0.2) is 0 Å². The number of anilines is 1. The number of rotatable bonds is 8. The van der Waals surface area contributed by atoms with Crippen LogP contribution in [0.4, 0.5) is 5.69 Å². The summed E-state index contributed by atoms with van der Waals surface area (Å²) in [5, 5.41) is 6.78. The molecule has 0 bridgehead atoms. The lowest BCUT2D eigenvalue weighted by Gasteiger charge is -2.10. The second-order valence-electron chi connectivity index (χ2n) is 5.17. The lowest BCUT2D eigenvalue weighted by molar-refractivity contribution is -0.116. The third-order valence-corrected chi connectivity index (χ3v) is 3.35. The van der Waals surface area contributed by atoms with Gasteiger partial charge in [0.25, 0.3) is 0 Å². The van der Waals surface area contributed by atoms with Crippen LogP contribution < -0.4 is 10.6 Å². The van der Waals surface area contributed by atoms with Crippen LogP contribution in [0.2, 0.25) is 5.02 Å². The summed E-state index contributed by atoms with van der Waals surface area (Å²) in [6.45, 7) is 4.62. The highest BCUT2D eigenvalue weighted by Crippen LogP contribution is 2.19. The van der Waals surface area contributed by atoms with Gasteiger partial charge in [-0.1, -0.05) is 17.7 Å². The number of hydrogen-bond donors (Lipinski definition) is 2. The molecule has 0 aromatic heterocycles. The summed E-state index contributed by atoms with van der Waals surface area (Å²) in [4.78, 5) is 13.9. The van der Waals surface area contributed by atoms with E-state index in [1.165, 1.54) is 0 Å². The van der Waals surface area contributed by atoms with Crippen molar-refractivity contribution < 1.29 is 4.79 Å². The van der Waals surface area contributed by atoms with E-state index < -0.39 is 0 Å². The normalized spacial score (nSPS) is 10.8. The van der Waals surface area contributed by atoms with Gasteiger partial charge in [0, 0.05) is 23.7 Å². The predicted molar refractivity (Wildman–Crippen MR) is 85.5 cm³/mol. The molecule has 1 aromatic carbocycles. The number of nitrogens with zero attached hydrogens (tertiary/aromatic N) is 1. The highest BCUT2D eigenvalue weighted by Gasteiger charge is 2.03. The van der Waals surface area contributed by atoms with Crippen molar-refractivity contribution in [3.63, 3.8) is 0 Å². The molecular formula is C15H24ClN3O. The quantitative estimate of drug-likeness (QED) is 0.725. The van der Waals surface area contributed by atoms with Crippen LogP contribution in [0.25, 0.3) is 0 Å². The minimum absolute atomic E-state index is 0.00466. The van der Waals surface area contributed by atoms with E-state index >= 15 is 0 Å². The van der Waals surface area contributed by atoms with Crippen molar-refractivity contribution in [1.82, 2.24) is 10.2 Å². The van der Waals surface area contributed by atoms with Gasteiger partial charge in [0.05, 0.1) is 0 Å². The molecule has 0 heterocycles. The predicted octanol–water partition coefficient (Wildman–Crippen LogP) is 2.52. The molecule has 0 radical (unpaired) electrons. The van der Waals surface area contributed by atoms with E-state index in [0.29, 0.717) is 18.0 Å². The molecule has 20 heavy (non-hydrogen) atoms. The van der Waals surface area contributed by atoms with Gasteiger partial charge >= 0.3 is 0 Å². The first-order valence-corrected chi connectivity index (χ1v) is 7.28. The van der Waals surface area contributed by atoms with Crippen LogP contribution in [0.5, 0.6) is 0 Å². The van der Waals surface area contributed by atoms with Crippen molar-refractivity contribution in [2.75, 3.05) is 39.0 Å². The number of carbonyl (C=O) groups is 1. The summed E-state index contributed by atoms with van der Waals surface area (Å²) in [5.41, 5.74) is 1.76. The summed E-state index contributed by atoms with van der Waals surface area (Å²) in [6, 6.07) is 5.54. The van der Waals surface area contributed by atoms with E-state index in [2.05, 4.69) is 29.6 Å². The molecule has 0 aliphatic rings. The number of carbonyl (C=O) groups excluding carboxylic acids is 1. The largest absolute Gasteiger partial charge is 0.326 e. The Hall–Kier alpha value is -1.10. The molecule has 5 heteroatoms. The van der Waals surface area contributed by atoms with Crippen LogP contribution in [0, 0.1) is 6.92 Å². The molecule has 1 aromatic rings. The van der Waals surface area contributed by atoms with Gasteiger partial charge in [0.2, 0.25) is 5.91 Å². The van der Waals surface area contributed by atoms with E-state index in [0.717, 1.165) is 30.8 Å². The average molecular weight is 298 g/mol. The van der Waals surface area contributed by atoms with Crippen LogP contribution in [0.15, 0.2) is 18.2 Å². The molecule has 0 unspecified atom stereocenters. The Morgan fingerprint density at radius 2 is 2.05 bits per heavy atom. The number of halogens is 1. The summed E-state index contributed by atoms with van der Waals surface area (Å²) >= 11 is 6.02. The zero-order valence-electron chi connectivity index (χ0n) is 12.5. The summed E-state index contributed by atoms with van der Waals surface area (Å²) in [5.74, 6) is 0.00466. The minimum atomic E-state index is 0.00466. The Kier molecular flexibility index (Phi) is 7.59. The number of aryl methyl sites for hydroxylation is 1. The van der Waals surface area contributed by atoms with Crippen LogP contribution >= 0.6 is 11.6 Å². The molecule has 1 rings (SSSR count). The molecular weight excluding hydrogens is 274 g/mol. The monoisotopic (exact) mass is 297 g/mol. The molecule has 2 N–H and O–H groups in total. The topological polar surface area (TPSA) is 44.4 Å². The Bertz CT molecular complexity index is 435. The molecule has 112 valence electrons. The van der Waals surface area contributed by atoms with E-state index in [1.807, 2.05) is 19.1 Å². The fourth-order valence-electron chi connectivity index (χ4n) is 1.74. The highest BCUT2D eigenvalue weighted by molar-refractivity contribution is 6.31. The molecule has 0 atom stereocenters. The van der Waals surface area contributed by atoms with Crippen LogP contribution in [-0.4, -0.2) is 44.5 Å². The van der Waals surface area contributed by atoms with Gasteiger partial charge < -0.3 is 15.5 Å². The van der Waals surface area contributed by atoms with E-state index in [1.54, 1.807) is 6.07 Å². The zero-order chi connectivity index (χ0) is 15.0. The molecule has 1 amide bonds. The van der Waals surface area contributed by atoms with Gasteiger partial charge in [-0.2, -0.15) is 0 Å². The van der Waals surface area contributed by atoms with Crippen molar-refractivity contribution in [2.45, 2.75) is 19.8 Å². The zero-order valence-corrected chi connectivity index (χ0v) is 13.3. The maximum absolute atomic E-state index is 11.7. The van der Waals surface area contributed by atoms with Crippen LogP contribution in [0.1, 0.15) is 18.4 Å². The van der Waals surface area contributed by atoms with Gasteiger partial charge in [-0.3, -0.25) is 4.79 Å². The first kappa shape index (κ1) is 17.0. The van der Waals surface area contributed by atoms with Crippen LogP contribution in [-0.2, 0) is 4.79 Å². The van der Waals surface area contributed by atoms with Crippen molar-refractivity contribution in [3.05, 3.63) is 28.8 Å². The molecule has 0 aliphatic carbocycles. The van der Waals surface area contributed by atoms with Crippen molar-refractivity contribution in [2.24, 2.45) is 0 Å². The average Bonchev–Trinajstić information content (AvgIpc) is 2.38. The number of amides is 1. The van der Waals surface area contributed by atoms with Gasteiger partial charge in [-0.25, -0.2) is 0 Å². The Labute approximate surface area is 126 Å². The van der Waals surface area contributed by atoms with E-state index in [4.69, 9.17) is 11.6 Å². The first-order chi connectivity index (χ1) is 9.49. The lowest BCUT2D eigenvalue weighted by atomic mass is 10.2. The van der Waals surface area contributed by atoms with Gasteiger partial charge in [-0.05, 0) is 58.2 Å². The second kappa shape index (κ2) is 8.95. The standard InChI is InChI=1S/C15H24ClN3O/c1-12-5-6-13(11-14(12)16)18-15(20)7-9-17-8-4-10-19(2)3/h5-6,11,17H,4,7-10H2,1-3H3,(H,18,20). The molecule has 0 saturated heterocycles. The Morgan fingerprint density at radius 1 is 1.30 bits per heavy atom. The fraction of sp³-hybridized carbons (Fsp3) is 0.533. The Morgan fingerprint density at radius 3 is 2.70 bits per heavy atom. The summed E-state index contributed by atoms with van der Waals surface area (Å²) in [7, 11) is 4.11. The third kappa shape index (κ3) is 6.89. The van der Waals surface area contributed by atoms with E-state index in [9.17, 15) is 4.79 Å².